The molecule has 2 aromatic heterocycles. The third-order valence-corrected chi connectivity index (χ3v) is 5.77. The molecule has 1 amide bonds. The first-order valence-corrected chi connectivity index (χ1v) is 10.4. The van der Waals surface area contributed by atoms with E-state index in [-0.39, 0.29) is 18.3 Å². The molecule has 0 aliphatic rings. The number of esters is 1. The van der Waals surface area contributed by atoms with Gasteiger partial charge in [0, 0.05) is 23.6 Å². The van der Waals surface area contributed by atoms with Gasteiger partial charge in [-0.1, -0.05) is 17.4 Å². The lowest BCUT2D eigenvalue weighted by atomic mass is 10.3. The SMILES string of the molecule is CCOC(=O)CCn1c(=NC(=O)/C=C/c2cccs2)sc2ccc(OC)cc21. The molecule has 0 fully saturated rings. The van der Waals surface area contributed by atoms with E-state index in [1.165, 1.54) is 17.4 Å². The molecule has 8 heteroatoms. The Hall–Kier alpha value is -2.71. The number of carbonyl (C=O) groups excluding carboxylic acids is 2. The van der Waals surface area contributed by atoms with E-state index in [1.54, 1.807) is 31.4 Å². The molecular weight excluding hydrogens is 396 g/mol. The molecule has 0 bridgehead atoms. The van der Waals surface area contributed by atoms with E-state index < -0.39 is 0 Å². The Bertz CT molecular complexity index is 1060. The van der Waals surface area contributed by atoms with Crippen molar-refractivity contribution in [1.82, 2.24) is 4.57 Å². The van der Waals surface area contributed by atoms with Crippen molar-refractivity contribution in [2.75, 3.05) is 13.7 Å². The van der Waals surface area contributed by atoms with Gasteiger partial charge in [0.1, 0.15) is 5.75 Å². The quantitative estimate of drug-likeness (QED) is 0.433. The zero-order valence-electron chi connectivity index (χ0n) is 15.6. The summed E-state index contributed by atoms with van der Waals surface area (Å²) in [6.45, 7) is 2.48. The fourth-order valence-electron chi connectivity index (χ4n) is 2.58. The topological polar surface area (TPSA) is 69.9 Å². The van der Waals surface area contributed by atoms with Gasteiger partial charge in [0.15, 0.2) is 4.80 Å². The van der Waals surface area contributed by atoms with Crippen molar-refractivity contribution in [2.24, 2.45) is 4.99 Å². The van der Waals surface area contributed by atoms with Crippen LogP contribution >= 0.6 is 22.7 Å². The van der Waals surface area contributed by atoms with Gasteiger partial charge in [0.25, 0.3) is 5.91 Å². The van der Waals surface area contributed by atoms with Gasteiger partial charge in [-0.2, -0.15) is 4.99 Å². The van der Waals surface area contributed by atoms with Gasteiger partial charge >= 0.3 is 5.97 Å². The second kappa shape index (κ2) is 9.48. The van der Waals surface area contributed by atoms with E-state index in [2.05, 4.69) is 4.99 Å². The minimum absolute atomic E-state index is 0.198. The number of carbonyl (C=O) groups is 2. The largest absolute Gasteiger partial charge is 0.497 e. The summed E-state index contributed by atoms with van der Waals surface area (Å²) in [6.07, 6.45) is 3.39. The molecule has 0 radical (unpaired) electrons. The Morgan fingerprint density at radius 1 is 1.29 bits per heavy atom. The molecule has 0 aliphatic heterocycles. The molecular formula is C20H20N2O4S2. The summed E-state index contributed by atoms with van der Waals surface area (Å²) in [6, 6.07) is 9.51. The van der Waals surface area contributed by atoms with Gasteiger partial charge in [-0.15, -0.1) is 11.3 Å². The summed E-state index contributed by atoms with van der Waals surface area (Å²) in [5, 5.41) is 1.95. The van der Waals surface area contributed by atoms with Crippen LogP contribution in [0.1, 0.15) is 18.2 Å². The van der Waals surface area contributed by atoms with Crippen LogP contribution in [0.4, 0.5) is 0 Å². The summed E-state index contributed by atoms with van der Waals surface area (Å²) in [7, 11) is 1.60. The van der Waals surface area contributed by atoms with Gasteiger partial charge in [-0.25, -0.2) is 0 Å². The van der Waals surface area contributed by atoms with E-state index >= 15 is 0 Å². The number of hydrogen-bond donors (Lipinski definition) is 0. The third-order valence-electron chi connectivity index (χ3n) is 3.87. The van der Waals surface area contributed by atoms with Crippen LogP contribution in [0.2, 0.25) is 0 Å². The molecule has 0 saturated heterocycles. The van der Waals surface area contributed by atoms with Gasteiger partial charge in [0.2, 0.25) is 0 Å². The lowest BCUT2D eigenvalue weighted by molar-refractivity contribution is -0.143. The van der Waals surface area contributed by atoms with Crippen LogP contribution in [0, 0.1) is 0 Å². The average Bonchev–Trinajstić information content (AvgIpc) is 3.32. The first-order chi connectivity index (χ1) is 13.6. The van der Waals surface area contributed by atoms with Crippen LogP contribution in [0.15, 0.2) is 46.8 Å². The fraction of sp³-hybridized carbons (Fsp3) is 0.250. The van der Waals surface area contributed by atoms with Crippen LogP contribution < -0.4 is 9.54 Å². The van der Waals surface area contributed by atoms with Crippen LogP contribution in [-0.2, 0) is 20.9 Å². The van der Waals surface area contributed by atoms with Crippen molar-refractivity contribution in [3.05, 3.63) is 51.5 Å². The molecule has 146 valence electrons. The molecule has 0 unspecified atom stereocenters. The number of benzene rings is 1. The maximum absolute atomic E-state index is 12.3. The predicted octanol–water partition coefficient (Wildman–Crippen LogP) is 3.87. The molecule has 0 spiro atoms. The molecule has 0 aliphatic carbocycles. The molecule has 3 aromatic rings. The van der Waals surface area contributed by atoms with Crippen molar-refractivity contribution in [3.63, 3.8) is 0 Å². The monoisotopic (exact) mass is 416 g/mol. The maximum atomic E-state index is 12.3. The summed E-state index contributed by atoms with van der Waals surface area (Å²) in [4.78, 5) is 29.9. The third kappa shape index (κ3) is 4.96. The van der Waals surface area contributed by atoms with Crippen LogP contribution in [0.5, 0.6) is 5.75 Å². The number of aromatic nitrogens is 1. The Labute approximate surface area is 170 Å². The Morgan fingerprint density at radius 3 is 2.86 bits per heavy atom. The fourth-order valence-corrected chi connectivity index (χ4v) is 4.24. The first kappa shape index (κ1) is 20.0. The number of thiophene rings is 1. The Morgan fingerprint density at radius 2 is 2.14 bits per heavy atom. The van der Waals surface area contributed by atoms with E-state index in [0.29, 0.717) is 23.7 Å². The summed E-state index contributed by atoms with van der Waals surface area (Å²) in [5.74, 6) is 0.0644. The highest BCUT2D eigenvalue weighted by molar-refractivity contribution is 7.16. The highest BCUT2D eigenvalue weighted by Crippen LogP contribution is 2.23. The van der Waals surface area contributed by atoms with Gasteiger partial charge < -0.3 is 14.0 Å². The second-order valence-corrected chi connectivity index (χ2v) is 7.71. The van der Waals surface area contributed by atoms with Crippen LogP contribution in [0.3, 0.4) is 0 Å². The maximum Gasteiger partial charge on any atom is 0.307 e. The van der Waals surface area contributed by atoms with Crippen LogP contribution in [-0.4, -0.2) is 30.2 Å². The molecule has 1 aromatic carbocycles. The summed E-state index contributed by atoms with van der Waals surface area (Å²) in [5.41, 5.74) is 0.863. The molecule has 2 heterocycles. The summed E-state index contributed by atoms with van der Waals surface area (Å²) < 4.78 is 13.1. The number of aryl methyl sites for hydroxylation is 1. The average molecular weight is 417 g/mol. The minimum Gasteiger partial charge on any atom is -0.497 e. The molecule has 0 saturated carbocycles. The lowest BCUT2D eigenvalue weighted by Gasteiger charge is -2.06. The molecule has 3 rings (SSSR count). The van der Waals surface area contributed by atoms with Crippen molar-refractivity contribution in [2.45, 2.75) is 19.9 Å². The lowest BCUT2D eigenvalue weighted by Crippen LogP contribution is -2.19. The normalized spacial score (nSPS) is 12.0. The number of thiazole rings is 1. The number of ether oxygens (including phenoxy) is 2. The van der Waals surface area contributed by atoms with E-state index in [0.717, 1.165) is 15.1 Å². The number of fused-ring (bicyclic) bond motifs is 1. The number of hydrogen-bond acceptors (Lipinski definition) is 6. The Balaban J connectivity index is 1.96. The van der Waals surface area contributed by atoms with E-state index in [4.69, 9.17) is 9.47 Å². The van der Waals surface area contributed by atoms with Gasteiger partial charge in [-0.3, -0.25) is 9.59 Å². The smallest absolute Gasteiger partial charge is 0.307 e. The number of amides is 1. The standard InChI is InChI=1S/C20H20N2O4S2/c1-3-26-19(24)10-11-22-16-13-14(25-2)6-8-17(16)28-20(22)21-18(23)9-7-15-5-4-12-27-15/h4-9,12-13H,3,10-11H2,1-2H3/b9-7+,21-20?. The summed E-state index contributed by atoms with van der Waals surface area (Å²) >= 11 is 2.95. The first-order valence-electron chi connectivity index (χ1n) is 8.74. The highest BCUT2D eigenvalue weighted by atomic mass is 32.1. The van der Waals surface area contributed by atoms with Crippen molar-refractivity contribution in [1.29, 1.82) is 0 Å². The number of nitrogens with zero attached hydrogens (tertiary/aromatic N) is 2. The highest BCUT2D eigenvalue weighted by Gasteiger charge is 2.11. The zero-order valence-corrected chi connectivity index (χ0v) is 17.2. The van der Waals surface area contributed by atoms with Crippen molar-refractivity contribution in [3.8, 4) is 5.75 Å². The number of rotatable bonds is 7. The van der Waals surface area contributed by atoms with Crippen molar-refractivity contribution < 1.29 is 19.1 Å². The number of methoxy groups -OCH3 is 1. The second-order valence-electron chi connectivity index (χ2n) is 5.72. The van der Waals surface area contributed by atoms with Crippen molar-refractivity contribution >= 4 is 50.8 Å². The van der Waals surface area contributed by atoms with Gasteiger partial charge in [-0.05, 0) is 36.6 Å². The minimum atomic E-state index is -0.350. The van der Waals surface area contributed by atoms with E-state index in [9.17, 15) is 9.59 Å². The molecule has 28 heavy (non-hydrogen) atoms. The van der Waals surface area contributed by atoms with Gasteiger partial charge in [0.05, 0.1) is 30.4 Å². The zero-order chi connectivity index (χ0) is 19.9. The Kier molecular flexibility index (Phi) is 6.78. The molecule has 0 atom stereocenters. The predicted molar refractivity (Wildman–Crippen MR) is 112 cm³/mol. The van der Waals surface area contributed by atoms with Crippen LogP contribution in [0.25, 0.3) is 16.3 Å². The van der Waals surface area contributed by atoms with E-state index in [1.807, 2.05) is 40.3 Å². The molecule has 0 N–H and O–H groups in total. The molecule has 6 nitrogen and oxygen atoms in total.